The average Bonchev–Trinajstić information content (AvgIpc) is 2.72. The van der Waals surface area contributed by atoms with E-state index in [1.54, 1.807) is 0 Å². The van der Waals surface area contributed by atoms with Gasteiger partial charge in [0.2, 0.25) is 0 Å². The molecule has 0 atom stereocenters. The summed E-state index contributed by atoms with van der Waals surface area (Å²) in [7, 11) is 0. The number of rotatable bonds is 6. The van der Waals surface area contributed by atoms with Crippen LogP contribution in [0.25, 0.3) is 0 Å². The van der Waals surface area contributed by atoms with Gasteiger partial charge in [-0.25, -0.2) is 9.97 Å². The highest BCUT2D eigenvalue weighted by Crippen LogP contribution is 2.05. The highest BCUT2D eigenvalue weighted by molar-refractivity contribution is 5.92. The summed E-state index contributed by atoms with van der Waals surface area (Å²) >= 11 is 0. The van der Waals surface area contributed by atoms with E-state index in [1.807, 2.05) is 24.3 Å². The molecule has 2 heterocycles. The second-order valence-electron chi connectivity index (χ2n) is 5.36. The number of nitrogens with one attached hydrogen (secondary N) is 2. The van der Waals surface area contributed by atoms with Gasteiger partial charge in [-0.05, 0) is 11.1 Å². The number of carbonyl (C=O) groups is 2. The topological polar surface area (TPSA) is 110 Å². The van der Waals surface area contributed by atoms with E-state index in [0.717, 1.165) is 11.1 Å². The molecule has 0 saturated carbocycles. The number of benzene rings is 1. The fraction of sp³-hybridized carbons (Fsp3) is 0.111. The molecule has 0 aliphatic heterocycles. The van der Waals surface area contributed by atoms with Crippen LogP contribution in [0.4, 0.5) is 0 Å². The Bertz CT molecular complexity index is 795. The smallest absolute Gasteiger partial charge is 0.271 e. The molecule has 2 N–H and O–H groups in total. The number of nitrogens with zero attached hydrogens (tertiary/aromatic N) is 4. The molecule has 0 aliphatic carbocycles. The lowest BCUT2D eigenvalue weighted by Gasteiger charge is -2.07. The van der Waals surface area contributed by atoms with Crippen LogP contribution in [0.5, 0.6) is 0 Å². The normalized spacial score (nSPS) is 10.2. The Kier molecular flexibility index (Phi) is 5.56. The lowest BCUT2D eigenvalue weighted by atomic mass is 10.1. The van der Waals surface area contributed by atoms with Crippen LogP contribution in [0.3, 0.4) is 0 Å². The largest absolute Gasteiger partial charge is 0.347 e. The number of carbonyl (C=O) groups excluding carboxylic acids is 2. The van der Waals surface area contributed by atoms with Crippen LogP contribution in [-0.4, -0.2) is 31.8 Å². The molecular formula is C18H16N6O2. The molecule has 0 radical (unpaired) electrons. The summed E-state index contributed by atoms with van der Waals surface area (Å²) in [6.07, 6.45) is 8.80. The van der Waals surface area contributed by atoms with Gasteiger partial charge in [-0.2, -0.15) is 0 Å². The fourth-order valence-corrected chi connectivity index (χ4v) is 2.15. The Morgan fingerprint density at radius 2 is 1.12 bits per heavy atom. The molecule has 0 spiro atoms. The van der Waals surface area contributed by atoms with Crippen molar-refractivity contribution < 1.29 is 9.59 Å². The Balaban J connectivity index is 1.49. The van der Waals surface area contributed by atoms with Crippen molar-refractivity contribution >= 4 is 11.8 Å². The maximum Gasteiger partial charge on any atom is 0.271 e. The van der Waals surface area contributed by atoms with Crippen LogP contribution in [0.2, 0.25) is 0 Å². The van der Waals surface area contributed by atoms with E-state index in [9.17, 15) is 9.59 Å². The predicted molar refractivity (Wildman–Crippen MR) is 92.8 cm³/mol. The van der Waals surface area contributed by atoms with Crippen molar-refractivity contribution in [1.82, 2.24) is 30.6 Å². The molecule has 2 aromatic heterocycles. The Morgan fingerprint density at radius 3 is 1.46 bits per heavy atom. The van der Waals surface area contributed by atoms with Gasteiger partial charge in [0.15, 0.2) is 0 Å². The van der Waals surface area contributed by atoms with Gasteiger partial charge in [0.05, 0.1) is 12.4 Å². The quantitative estimate of drug-likeness (QED) is 0.691. The highest BCUT2D eigenvalue weighted by Gasteiger charge is 2.07. The molecule has 130 valence electrons. The van der Waals surface area contributed by atoms with Crippen molar-refractivity contribution in [2.45, 2.75) is 13.1 Å². The summed E-state index contributed by atoms with van der Waals surface area (Å²) < 4.78 is 0. The summed E-state index contributed by atoms with van der Waals surface area (Å²) in [5.74, 6) is -0.558. The second kappa shape index (κ2) is 8.43. The maximum atomic E-state index is 11.9. The molecule has 3 rings (SSSR count). The third-order valence-electron chi connectivity index (χ3n) is 3.52. The molecule has 8 nitrogen and oxygen atoms in total. The van der Waals surface area contributed by atoms with Crippen molar-refractivity contribution in [3.8, 4) is 0 Å². The standard InChI is InChI=1S/C18H16N6O2/c25-17(15-11-19-5-7-21-15)23-9-13-1-2-14(4-3-13)10-24-18(26)16-12-20-6-8-22-16/h1-8,11-12H,9-10H2,(H,23,25)(H,24,26). The molecule has 2 amide bonds. The zero-order chi connectivity index (χ0) is 18.2. The van der Waals surface area contributed by atoms with Gasteiger partial charge in [0.1, 0.15) is 11.4 Å². The summed E-state index contributed by atoms with van der Waals surface area (Å²) in [5.41, 5.74) is 2.42. The molecule has 26 heavy (non-hydrogen) atoms. The molecule has 1 aromatic carbocycles. The first-order valence-corrected chi connectivity index (χ1v) is 7.88. The minimum absolute atomic E-state index is 0.274. The van der Waals surface area contributed by atoms with E-state index in [1.165, 1.54) is 37.2 Å². The molecule has 0 saturated heterocycles. The number of aromatic nitrogens is 4. The van der Waals surface area contributed by atoms with Crippen molar-refractivity contribution in [2.75, 3.05) is 0 Å². The van der Waals surface area contributed by atoms with E-state index in [-0.39, 0.29) is 23.2 Å². The van der Waals surface area contributed by atoms with Crippen LogP contribution in [0.1, 0.15) is 32.1 Å². The van der Waals surface area contributed by atoms with Gasteiger partial charge in [0.25, 0.3) is 11.8 Å². The number of amides is 2. The first-order valence-electron chi connectivity index (χ1n) is 7.88. The Hall–Kier alpha value is -3.68. The van der Waals surface area contributed by atoms with E-state index in [4.69, 9.17) is 0 Å². The van der Waals surface area contributed by atoms with E-state index in [0.29, 0.717) is 13.1 Å². The molecule has 0 fully saturated rings. The minimum atomic E-state index is -0.279. The van der Waals surface area contributed by atoms with E-state index < -0.39 is 0 Å². The van der Waals surface area contributed by atoms with Crippen LogP contribution in [0.15, 0.2) is 61.4 Å². The third-order valence-corrected chi connectivity index (χ3v) is 3.52. The SMILES string of the molecule is O=C(NCc1ccc(CNC(=O)c2cnccn2)cc1)c1cnccn1. The van der Waals surface area contributed by atoms with Crippen LogP contribution >= 0.6 is 0 Å². The van der Waals surface area contributed by atoms with Crippen molar-refractivity contribution in [2.24, 2.45) is 0 Å². The Morgan fingerprint density at radius 1 is 0.692 bits per heavy atom. The average molecular weight is 348 g/mol. The molecule has 0 bridgehead atoms. The lowest BCUT2D eigenvalue weighted by Crippen LogP contribution is -2.24. The van der Waals surface area contributed by atoms with Crippen molar-refractivity contribution in [3.63, 3.8) is 0 Å². The third kappa shape index (κ3) is 4.67. The van der Waals surface area contributed by atoms with E-state index >= 15 is 0 Å². The first kappa shape index (κ1) is 17.2. The van der Waals surface area contributed by atoms with Gasteiger partial charge < -0.3 is 10.6 Å². The van der Waals surface area contributed by atoms with Gasteiger partial charge in [-0.3, -0.25) is 19.6 Å². The first-order chi connectivity index (χ1) is 12.7. The lowest BCUT2D eigenvalue weighted by molar-refractivity contribution is 0.0937. The summed E-state index contributed by atoms with van der Waals surface area (Å²) in [6.45, 7) is 0.753. The van der Waals surface area contributed by atoms with Gasteiger partial charge in [0, 0.05) is 37.9 Å². The van der Waals surface area contributed by atoms with Gasteiger partial charge >= 0.3 is 0 Å². The summed E-state index contributed by atoms with van der Waals surface area (Å²) in [4.78, 5) is 39.5. The maximum absolute atomic E-state index is 11.9. The fourth-order valence-electron chi connectivity index (χ4n) is 2.15. The number of hydrogen-bond donors (Lipinski definition) is 2. The molecular weight excluding hydrogens is 332 g/mol. The minimum Gasteiger partial charge on any atom is -0.347 e. The highest BCUT2D eigenvalue weighted by atomic mass is 16.2. The number of hydrogen-bond acceptors (Lipinski definition) is 6. The van der Waals surface area contributed by atoms with Crippen LogP contribution < -0.4 is 10.6 Å². The summed E-state index contributed by atoms with van der Waals surface area (Å²) in [6, 6.07) is 7.56. The zero-order valence-corrected chi connectivity index (χ0v) is 13.8. The molecule has 0 unspecified atom stereocenters. The van der Waals surface area contributed by atoms with E-state index in [2.05, 4.69) is 30.6 Å². The molecule has 0 aliphatic rings. The van der Waals surface area contributed by atoms with Crippen LogP contribution in [-0.2, 0) is 13.1 Å². The van der Waals surface area contributed by atoms with Gasteiger partial charge in [-0.1, -0.05) is 24.3 Å². The van der Waals surface area contributed by atoms with Gasteiger partial charge in [-0.15, -0.1) is 0 Å². The monoisotopic (exact) mass is 348 g/mol. The molecule has 3 aromatic rings. The zero-order valence-electron chi connectivity index (χ0n) is 13.8. The second-order valence-corrected chi connectivity index (χ2v) is 5.36. The molecule has 8 heteroatoms. The Labute approximate surface area is 149 Å². The summed E-state index contributed by atoms with van der Waals surface area (Å²) in [5, 5.41) is 5.56. The van der Waals surface area contributed by atoms with Crippen LogP contribution in [0, 0.1) is 0 Å². The van der Waals surface area contributed by atoms with Crippen molar-refractivity contribution in [3.05, 3.63) is 84.0 Å². The predicted octanol–water partition coefficient (Wildman–Crippen LogP) is 1.13. The van der Waals surface area contributed by atoms with Crippen molar-refractivity contribution in [1.29, 1.82) is 0 Å².